The van der Waals surface area contributed by atoms with Crippen LogP contribution in [0.2, 0.25) is 0 Å². The molecule has 0 spiro atoms. The van der Waals surface area contributed by atoms with Gasteiger partial charge in [-0.15, -0.1) is 0 Å². The summed E-state index contributed by atoms with van der Waals surface area (Å²) >= 11 is 0. The van der Waals surface area contributed by atoms with Crippen molar-refractivity contribution in [3.05, 3.63) is 0 Å². The highest BCUT2D eigenvalue weighted by Crippen LogP contribution is 2.30. The first-order valence-corrected chi connectivity index (χ1v) is 9.16. The van der Waals surface area contributed by atoms with Crippen molar-refractivity contribution in [3.8, 4) is 0 Å². The monoisotopic (exact) mass is 282 g/mol. The fraction of sp³-hybridized carbons (Fsp3) is 1.00. The van der Waals surface area contributed by atoms with Gasteiger partial charge in [0.2, 0.25) is 0 Å². The van der Waals surface area contributed by atoms with Crippen molar-refractivity contribution in [1.29, 1.82) is 0 Å². The van der Waals surface area contributed by atoms with Crippen LogP contribution in [0.4, 0.5) is 0 Å². The fourth-order valence-corrected chi connectivity index (χ4v) is 3.65. The van der Waals surface area contributed by atoms with Crippen LogP contribution in [0.15, 0.2) is 0 Å². The van der Waals surface area contributed by atoms with Crippen molar-refractivity contribution in [2.24, 2.45) is 5.41 Å². The third kappa shape index (κ3) is 5.37. The predicted octanol–water partition coefficient (Wildman–Crippen LogP) is 4.45. The average molecular weight is 283 g/mol. The molecule has 0 amide bonds. The number of nitrogens with one attached hydrogen (secondary N) is 1. The molecule has 1 N–H and O–H groups in total. The largest absolute Gasteiger partial charge is 0.316 e. The standard InChI is InChI=1S/C18H38N2/c1-5-13-19-15-18(7-3,8-4)16-20-14-11-9-10-12-17(20)6-2/h17,19H,5-16H2,1-4H3. The van der Waals surface area contributed by atoms with E-state index in [0.29, 0.717) is 5.41 Å². The van der Waals surface area contributed by atoms with E-state index >= 15 is 0 Å². The maximum atomic E-state index is 3.69. The van der Waals surface area contributed by atoms with Crippen molar-refractivity contribution in [2.45, 2.75) is 85.1 Å². The van der Waals surface area contributed by atoms with Gasteiger partial charge in [-0.3, -0.25) is 4.90 Å². The zero-order valence-electron chi connectivity index (χ0n) is 14.5. The van der Waals surface area contributed by atoms with Gasteiger partial charge in [-0.2, -0.15) is 0 Å². The molecule has 1 aliphatic heterocycles. The first-order valence-electron chi connectivity index (χ1n) is 9.16. The van der Waals surface area contributed by atoms with Gasteiger partial charge in [-0.05, 0) is 57.0 Å². The highest BCUT2D eigenvalue weighted by molar-refractivity contribution is 4.86. The first-order chi connectivity index (χ1) is 9.71. The Bertz CT molecular complexity index is 236. The predicted molar refractivity (Wildman–Crippen MR) is 90.3 cm³/mol. The van der Waals surface area contributed by atoms with Gasteiger partial charge in [0, 0.05) is 19.1 Å². The molecule has 2 heteroatoms. The summed E-state index contributed by atoms with van der Waals surface area (Å²) in [6.45, 7) is 14.4. The lowest BCUT2D eigenvalue weighted by molar-refractivity contribution is 0.0975. The maximum absolute atomic E-state index is 3.69. The Morgan fingerprint density at radius 1 is 1.05 bits per heavy atom. The quantitative estimate of drug-likeness (QED) is 0.629. The number of hydrogen-bond donors (Lipinski definition) is 1. The molecular formula is C18H38N2. The number of likely N-dealkylation sites (tertiary alicyclic amines) is 1. The van der Waals surface area contributed by atoms with E-state index in [1.807, 2.05) is 0 Å². The summed E-state index contributed by atoms with van der Waals surface area (Å²) in [4.78, 5) is 2.83. The van der Waals surface area contributed by atoms with E-state index in [9.17, 15) is 0 Å². The number of rotatable bonds is 9. The Morgan fingerprint density at radius 3 is 2.40 bits per heavy atom. The normalized spacial score (nSPS) is 21.9. The number of hydrogen-bond acceptors (Lipinski definition) is 2. The van der Waals surface area contributed by atoms with Gasteiger partial charge in [0.05, 0.1) is 0 Å². The van der Waals surface area contributed by atoms with Crippen molar-refractivity contribution in [2.75, 3.05) is 26.2 Å². The van der Waals surface area contributed by atoms with Crippen LogP contribution in [-0.2, 0) is 0 Å². The van der Waals surface area contributed by atoms with Crippen molar-refractivity contribution < 1.29 is 0 Å². The Hall–Kier alpha value is -0.0800. The highest BCUT2D eigenvalue weighted by atomic mass is 15.2. The molecular weight excluding hydrogens is 244 g/mol. The zero-order valence-corrected chi connectivity index (χ0v) is 14.5. The lowest BCUT2D eigenvalue weighted by Crippen LogP contribution is -2.47. The fourth-order valence-electron chi connectivity index (χ4n) is 3.65. The highest BCUT2D eigenvalue weighted by Gasteiger charge is 2.31. The molecule has 0 aliphatic carbocycles. The molecule has 1 rings (SSSR count). The van der Waals surface area contributed by atoms with Gasteiger partial charge >= 0.3 is 0 Å². The summed E-state index contributed by atoms with van der Waals surface area (Å²) in [6, 6.07) is 0.834. The average Bonchev–Trinajstić information content (AvgIpc) is 2.71. The second-order valence-electron chi connectivity index (χ2n) is 6.77. The maximum Gasteiger partial charge on any atom is 0.00928 e. The van der Waals surface area contributed by atoms with E-state index in [1.54, 1.807) is 0 Å². The molecule has 1 fully saturated rings. The van der Waals surface area contributed by atoms with Gasteiger partial charge in [-0.1, -0.05) is 40.5 Å². The van der Waals surface area contributed by atoms with Gasteiger partial charge in [0.1, 0.15) is 0 Å². The minimum absolute atomic E-state index is 0.479. The summed E-state index contributed by atoms with van der Waals surface area (Å²) in [6.07, 6.45) is 10.9. The molecule has 0 aromatic rings. The molecule has 1 unspecified atom stereocenters. The third-order valence-electron chi connectivity index (χ3n) is 5.44. The molecule has 120 valence electrons. The Balaban J connectivity index is 2.65. The second kappa shape index (κ2) is 9.78. The van der Waals surface area contributed by atoms with Crippen LogP contribution in [0.25, 0.3) is 0 Å². The molecule has 1 saturated heterocycles. The van der Waals surface area contributed by atoms with Crippen molar-refractivity contribution >= 4 is 0 Å². The molecule has 1 aliphatic rings. The van der Waals surface area contributed by atoms with E-state index in [0.717, 1.165) is 6.04 Å². The molecule has 0 bridgehead atoms. The summed E-state index contributed by atoms with van der Waals surface area (Å²) in [5.41, 5.74) is 0.479. The minimum Gasteiger partial charge on any atom is -0.316 e. The second-order valence-corrected chi connectivity index (χ2v) is 6.77. The summed E-state index contributed by atoms with van der Waals surface area (Å²) in [5.74, 6) is 0. The van der Waals surface area contributed by atoms with Crippen LogP contribution in [0.1, 0.15) is 79.1 Å². The third-order valence-corrected chi connectivity index (χ3v) is 5.44. The van der Waals surface area contributed by atoms with Gasteiger partial charge in [0.15, 0.2) is 0 Å². The topological polar surface area (TPSA) is 15.3 Å². The summed E-state index contributed by atoms with van der Waals surface area (Å²) in [5, 5.41) is 3.69. The smallest absolute Gasteiger partial charge is 0.00928 e. The number of nitrogens with zero attached hydrogens (tertiary/aromatic N) is 1. The molecule has 0 radical (unpaired) electrons. The van der Waals surface area contributed by atoms with E-state index in [1.165, 1.54) is 77.5 Å². The summed E-state index contributed by atoms with van der Waals surface area (Å²) in [7, 11) is 0. The molecule has 1 atom stereocenters. The van der Waals surface area contributed by atoms with Crippen LogP contribution >= 0.6 is 0 Å². The van der Waals surface area contributed by atoms with Crippen LogP contribution in [0.5, 0.6) is 0 Å². The lowest BCUT2D eigenvalue weighted by Gasteiger charge is -2.40. The Morgan fingerprint density at radius 2 is 1.80 bits per heavy atom. The molecule has 0 saturated carbocycles. The van der Waals surface area contributed by atoms with Crippen molar-refractivity contribution in [1.82, 2.24) is 10.2 Å². The van der Waals surface area contributed by atoms with E-state index in [2.05, 4.69) is 37.9 Å². The minimum atomic E-state index is 0.479. The van der Waals surface area contributed by atoms with Crippen LogP contribution in [-0.4, -0.2) is 37.1 Å². The van der Waals surface area contributed by atoms with E-state index < -0.39 is 0 Å². The Kier molecular flexibility index (Phi) is 8.79. The zero-order chi connectivity index (χ0) is 14.8. The van der Waals surface area contributed by atoms with Crippen LogP contribution in [0, 0.1) is 5.41 Å². The first kappa shape index (κ1) is 18.0. The Labute approximate surface area is 127 Å². The molecule has 0 aromatic carbocycles. The molecule has 1 heterocycles. The summed E-state index contributed by atoms with van der Waals surface area (Å²) < 4.78 is 0. The van der Waals surface area contributed by atoms with Gasteiger partial charge < -0.3 is 5.32 Å². The van der Waals surface area contributed by atoms with Gasteiger partial charge in [-0.25, -0.2) is 0 Å². The molecule has 20 heavy (non-hydrogen) atoms. The van der Waals surface area contributed by atoms with Crippen molar-refractivity contribution in [3.63, 3.8) is 0 Å². The SMILES string of the molecule is CCCNCC(CC)(CC)CN1CCCCCC1CC. The molecule has 0 aromatic heterocycles. The van der Waals surface area contributed by atoms with Crippen LogP contribution in [0.3, 0.4) is 0 Å². The van der Waals surface area contributed by atoms with Gasteiger partial charge in [0.25, 0.3) is 0 Å². The van der Waals surface area contributed by atoms with Crippen LogP contribution < -0.4 is 5.32 Å². The lowest BCUT2D eigenvalue weighted by atomic mass is 9.81. The molecule has 2 nitrogen and oxygen atoms in total. The van der Waals surface area contributed by atoms with E-state index in [4.69, 9.17) is 0 Å². The van der Waals surface area contributed by atoms with E-state index in [-0.39, 0.29) is 0 Å².